The van der Waals surface area contributed by atoms with Crippen molar-refractivity contribution in [3.8, 4) is 0 Å². The second kappa shape index (κ2) is 8.49. The van der Waals surface area contributed by atoms with Gasteiger partial charge in [0, 0.05) is 12.5 Å². The zero-order valence-electron chi connectivity index (χ0n) is 14.4. The molecule has 0 saturated heterocycles. The highest BCUT2D eigenvalue weighted by Crippen LogP contribution is 2.23. The topological polar surface area (TPSA) is 71.3 Å². The van der Waals surface area contributed by atoms with Gasteiger partial charge in [-0.1, -0.05) is 37.3 Å². The first kappa shape index (κ1) is 17.9. The lowest BCUT2D eigenvalue weighted by molar-refractivity contribution is 0.0953. The molecule has 1 unspecified atom stereocenters. The Labute approximate surface area is 156 Å². The van der Waals surface area contributed by atoms with E-state index in [9.17, 15) is 9.59 Å². The standard InChI is InChI=1S/C20H20N2O3S/c1-2-14(15-7-4-3-5-8-15)13-21-20(24)17-10-11-18(26-17)22-19(23)16-9-6-12-25-16/h3-12,14H,2,13H2,1H3,(H,21,24)(H,22,23). The van der Waals surface area contributed by atoms with Crippen molar-refractivity contribution in [1.82, 2.24) is 5.32 Å². The van der Waals surface area contributed by atoms with Crippen molar-refractivity contribution in [1.29, 1.82) is 0 Å². The van der Waals surface area contributed by atoms with E-state index in [0.717, 1.165) is 6.42 Å². The third-order valence-corrected chi connectivity index (χ3v) is 5.08. The minimum Gasteiger partial charge on any atom is -0.459 e. The second-order valence-electron chi connectivity index (χ2n) is 5.82. The molecule has 0 fully saturated rings. The van der Waals surface area contributed by atoms with E-state index < -0.39 is 0 Å². The van der Waals surface area contributed by atoms with Crippen LogP contribution < -0.4 is 10.6 Å². The Hall–Kier alpha value is -2.86. The normalized spacial score (nSPS) is 11.7. The van der Waals surface area contributed by atoms with Crippen LogP contribution in [-0.2, 0) is 0 Å². The summed E-state index contributed by atoms with van der Waals surface area (Å²) in [6.45, 7) is 2.68. The number of anilines is 1. The smallest absolute Gasteiger partial charge is 0.291 e. The zero-order valence-corrected chi connectivity index (χ0v) is 15.2. The molecule has 0 bridgehead atoms. The molecule has 0 aliphatic heterocycles. The molecule has 5 nitrogen and oxygen atoms in total. The molecule has 134 valence electrons. The third-order valence-electron chi connectivity index (χ3n) is 4.08. The molecule has 1 aromatic carbocycles. The summed E-state index contributed by atoms with van der Waals surface area (Å²) in [6, 6.07) is 16.8. The predicted molar refractivity (Wildman–Crippen MR) is 103 cm³/mol. The lowest BCUT2D eigenvalue weighted by Gasteiger charge is -2.15. The van der Waals surface area contributed by atoms with Crippen molar-refractivity contribution >= 4 is 28.2 Å². The van der Waals surface area contributed by atoms with Gasteiger partial charge in [-0.2, -0.15) is 0 Å². The Bertz CT molecular complexity index is 856. The molecule has 0 saturated carbocycles. The summed E-state index contributed by atoms with van der Waals surface area (Å²) in [5.41, 5.74) is 1.22. The fourth-order valence-electron chi connectivity index (χ4n) is 2.63. The summed E-state index contributed by atoms with van der Waals surface area (Å²) in [5.74, 6) is 0.0399. The summed E-state index contributed by atoms with van der Waals surface area (Å²) in [5, 5.41) is 6.31. The van der Waals surface area contributed by atoms with Crippen molar-refractivity contribution in [2.24, 2.45) is 0 Å². The van der Waals surface area contributed by atoms with Gasteiger partial charge in [0.2, 0.25) is 0 Å². The van der Waals surface area contributed by atoms with Crippen molar-refractivity contribution in [3.05, 3.63) is 77.1 Å². The van der Waals surface area contributed by atoms with Crippen LogP contribution in [-0.4, -0.2) is 18.4 Å². The van der Waals surface area contributed by atoms with Crippen LogP contribution in [0.1, 0.15) is 45.1 Å². The van der Waals surface area contributed by atoms with Gasteiger partial charge in [-0.15, -0.1) is 11.3 Å². The largest absolute Gasteiger partial charge is 0.459 e. The van der Waals surface area contributed by atoms with E-state index in [-0.39, 0.29) is 23.5 Å². The van der Waals surface area contributed by atoms with Crippen LogP contribution in [0.4, 0.5) is 5.00 Å². The number of thiophene rings is 1. The molecule has 2 heterocycles. The van der Waals surface area contributed by atoms with E-state index >= 15 is 0 Å². The van der Waals surface area contributed by atoms with E-state index in [4.69, 9.17) is 4.42 Å². The average Bonchev–Trinajstić information content (AvgIpc) is 3.35. The first-order valence-corrected chi connectivity index (χ1v) is 9.27. The molecule has 2 amide bonds. The molecule has 6 heteroatoms. The van der Waals surface area contributed by atoms with Crippen molar-refractivity contribution in [3.63, 3.8) is 0 Å². The highest BCUT2D eigenvalue weighted by atomic mass is 32.1. The van der Waals surface area contributed by atoms with Gasteiger partial charge in [0.1, 0.15) is 0 Å². The molecule has 0 aliphatic rings. The first-order valence-electron chi connectivity index (χ1n) is 8.45. The molecule has 26 heavy (non-hydrogen) atoms. The van der Waals surface area contributed by atoms with Crippen LogP contribution in [0.25, 0.3) is 0 Å². The Morgan fingerprint density at radius 1 is 1.04 bits per heavy atom. The maximum absolute atomic E-state index is 12.4. The second-order valence-corrected chi connectivity index (χ2v) is 6.90. The Balaban J connectivity index is 1.57. The highest BCUT2D eigenvalue weighted by molar-refractivity contribution is 7.18. The van der Waals surface area contributed by atoms with Crippen LogP contribution in [0.15, 0.2) is 65.3 Å². The van der Waals surface area contributed by atoms with Crippen molar-refractivity contribution < 1.29 is 14.0 Å². The number of carbonyl (C=O) groups excluding carboxylic acids is 2. The SMILES string of the molecule is CCC(CNC(=O)c1ccc(NC(=O)c2ccco2)s1)c1ccccc1. The Kier molecular flexibility index (Phi) is 5.86. The minimum absolute atomic E-state index is 0.136. The summed E-state index contributed by atoms with van der Waals surface area (Å²) in [7, 11) is 0. The van der Waals surface area contributed by atoms with Gasteiger partial charge in [0.15, 0.2) is 5.76 Å². The summed E-state index contributed by atoms with van der Waals surface area (Å²) in [6.07, 6.45) is 2.39. The van der Waals surface area contributed by atoms with Gasteiger partial charge in [-0.25, -0.2) is 0 Å². The van der Waals surface area contributed by atoms with E-state index in [1.165, 1.54) is 23.2 Å². The van der Waals surface area contributed by atoms with Gasteiger partial charge >= 0.3 is 0 Å². The van der Waals surface area contributed by atoms with Gasteiger partial charge in [-0.3, -0.25) is 9.59 Å². The number of hydrogen-bond donors (Lipinski definition) is 2. The maximum atomic E-state index is 12.4. The zero-order chi connectivity index (χ0) is 18.4. The maximum Gasteiger partial charge on any atom is 0.291 e. The molecule has 0 aliphatic carbocycles. The summed E-state index contributed by atoms with van der Waals surface area (Å²) < 4.78 is 5.05. The van der Waals surface area contributed by atoms with Crippen LogP contribution in [0.5, 0.6) is 0 Å². The quantitative estimate of drug-likeness (QED) is 0.644. The number of hydrogen-bond acceptors (Lipinski definition) is 4. The molecule has 3 rings (SSSR count). The fraction of sp³-hybridized carbons (Fsp3) is 0.200. The summed E-state index contributed by atoms with van der Waals surface area (Å²) >= 11 is 1.24. The summed E-state index contributed by atoms with van der Waals surface area (Å²) in [4.78, 5) is 24.9. The number of benzene rings is 1. The van der Waals surface area contributed by atoms with Gasteiger partial charge < -0.3 is 15.1 Å². The molecule has 0 radical (unpaired) electrons. The van der Waals surface area contributed by atoms with Gasteiger partial charge in [0.05, 0.1) is 16.1 Å². The lowest BCUT2D eigenvalue weighted by Crippen LogP contribution is -2.27. The van der Waals surface area contributed by atoms with Crippen LogP contribution >= 0.6 is 11.3 Å². The monoisotopic (exact) mass is 368 g/mol. The van der Waals surface area contributed by atoms with E-state index in [2.05, 4.69) is 29.7 Å². The number of furan rings is 1. The molecule has 2 aromatic heterocycles. The van der Waals surface area contributed by atoms with Crippen molar-refractivity contribution in [2.75, 3.05) is 11.9 Å². The molecule has 1 atom stereocenters. The molecule has 3 aromatic rings. The molecule has 2 N–H and O–H groups in total. The van der Waals surface area contributed by atoms with Gasteiger partial charge in [0.25, 0.3) is 11.8 Å². The van der Waals surface area contributed by atoms with E-state index in [1.807, 2.05) is 18.2 Å². The Morgan fingerprint density at radius 2 is 1.85 bits per heavy atom. The minimum atomic E-state index is -0.334. The Morgan fingerprint density at radius 3 is 2.54 bits per heavy atom. The molecular weight excluding hydrogens is 348 g/mol. The molecule has 0 spiro atoms. The van der Waals surface area contributed by atoms with Crippen LogP contribution in [0, 0.1) is 0 Å². The predicted octanol–water partition coefficient (Wildman–Crippen LogP) is 4.52. The van der Waals surface area contributed by atoms with Crippen LogP contribution in [0.2, 0.25) is 0 Å². The third kappa shape index (κ3) is 4.40. The van der Waals surface area contributed by atoms with Crippen LogP contribution in [0.3, 0.4) is 0 Å². The number of rotatable bonds is 7. The number of nitrogens with one attached hydrogen (secondary N) is 2. The number of amides is 2. The van der Waals surface area contributed by atoms with Crippen molar-refractivity contribution in [2.45, 2.75) is 19.3 Å². The fourth-order valence-corrected chi connectivity index (χ4v) is 3.45. The van der Waals surface area contributed by atoms with Gasteiger partial charge in [-0.05, 0) is 36.2 Å². The first-order chi connectivity index (χ1) is 12.7. The average molecular weight is 368 g/mol. The van der Waals surface area contributed by atoms with E-state index in [1.54, 1.807) is 24.3 Å². The molecular formula is C20H20N2O3S. The van der Waals surface area contributed by atoms with E-state index in [0.29, 0.717) is 16.4 Å². The highest BCUT2D eigenvalue weighted by Gasteiger charge is 2.15. The lowest BCUT2D eigenvalue weighted by atomic mass is 9.96. The number of carbonyl (C=O) groups is 2.